The van der Waals surface area contributed by atoms with Crippen molar-refractivity contribution in [3.8, 4) is 6.07 Å². The SMILES string of the molecule is CCCC(O)CNC(=O)c1ccc(C#N)[nH]1. The standard InChI is InChI=1S/C11H15N3O2/c1-2-3-9(15)7-13-11(16)10-5-4-8(6-12)14-10/h4-5,9,14-15H,2-3,7H2,1H3,(H,13,16). The first-order chi connectivity index (χ1) is 7.67. The Balaban J connectivity index is 2.44. The first-order valence-corrected chi connectivity index (χ1v) is 5.22. The van der Waals surface area contributed by atoms with Crippen LogP contribution in [0.4, 0.5) is 0 Å². The van der Waals surface area contributed by atoms with E-state index in [1.54, 1.807) is 6.07 Å². The molecule has 0 saturated carbocycles. The molecular formula is C11H15N3O2. The Morgan fingerprint density at radius 2 is 2.44 bits per heavy atom. The molecule has 0 saturated heterocycles. The van der Waals surface area contributed by atoms with Crippen LogP contribution in [0.1, 0.15) is 35.9 Å². The van der Waals surface area contributed by atoms with Crippen molar-refractivity contribution >= 4 is 5.91 Å². The normalized spacial score (nSPS) is 11.8. The summed E-state index contributed by atoms with van der Waals surface area (Å²) < 4.78 is 0. The van der Waals surface area contributed by atoms with Gasteiger partial charge in [-0.1, -0.05) is 13.3 Å². The van der Waals surface area contributed by atoms with E-state index in [1.165, 1.54) is 6.07 Å². The van der Waals surface area contributed by atoms with E-state index in [4.69, 9.17) is 5.26 Å². The van der Waals surface area contributed by atoms with Crippen LogP contribution in [0.3, 0.4) is 0 Å². The number of nitrogens with one attached hydrogen (secondary N) is 2. The number of aliphatic hydroxyl groups excluding tert-OH is 1. The van der Waals surface area contributed by atoms with Crippen molar-refractivity contribution in [2.45, 2.75) is 25.9 Å². The van der Waals surface area contributed by atoms with Crippen molar-refractivity contribution in [2.75, 3.05) is 6.54 Å². The fraction of sp³-hybridized carbons (Fsp3) is 0.455. The first kappa shape index (κ1) is 12.3. The van der Waals surface area contributed by atoms with Crippen molar-refractivity contribution in [3.05, 3.63) is 23.5 Å². The van der Waals surface area contributed by atoms with Gasteiger partial charge in [-0.05, 0) is 18.6 Å². The third kappa shape index (κ3) is 3.41. The van der Waals surface area contributed by atoms with Crippen LogP contribution in [0.5, 0.6) is 0 Å². The van der Waals surface area contributed by atoms with Crippen LogP contribution in [-0.2, 0) is 0 Å². The number of aromatic amines is 1. The number of carbonyl (C=O) groups is 1. The number of amides is 1. The number of H-pyrrole nitrogens is 1. The van der Waals surface area contributed by atoms with Gasteiger partial charge in [0.1, 0.15) is 17.5 Å². The minimum Gasteiger partial charge on any atom is -0.391 e. The maximum atomic E-state index is 11.5. The maximum absolute atomic E-state index is 11.5. The second kappa shape index (κ2) is 5.93. The highest BCUT2D eigenvalue weighted by Crippen LogP contribution is 2.00. The Morgan fingerprint density at radius 1 is 1.69 bits per heavy atom. The molecule has 1 amide bonds. The van der Waals surface area contributed by atoms with Gasteiger partial charge in [-0.3, -0.25) is 4.79 Å². The molecule has 1 aromatic heterocycles. The van der Waals surface area contributed by atoms with Gasteiger partial charge in [0.2, 0.25) is 0 Å². The summed E-state index contributed by atoms with van der Waals surface area (Å²) in [6.45, 7) is 2.20. The monoisotopic (exact) mass is 221 g/mol. The summed E-state index contributed by atoms with van der Waals surface area (Å²) in [7, 11) is 0. The van der Waals surface area contributed by atoms with E-state index in [-0.39, 0.29) is 12.5 Å². The van der Waals surface area contributed by atoms with E-state index >= 15 is 0 Å². The lowest BCUT2D eigenvalue weighted by Gasteiger charge is -2.09. The molecule has 5 heteroatoms. The Labute approximate surface area is 94.1 Å². The highest BCUT2D eigenvalue weighted by molar-refractivity contribution is 5.92. The molecule has 0 spiro atoms. The van der Waals surface area contributed by atoms with Crippen molar-refractivity contribution < 1.29 is 9.90 Å². The van der Waals surface area contributed by atoms with Gasteiger partial charge in [0, 0.05) is 6.54 Å². The topological polar surface area (TPSA) is 88.9 Å². The van der Waals surface area contributed by atoms with Gasteiger partial charge in [0.05, 0.1) is 6.10 Å². The maximum Gasteiger partial charge on any atom is 0.267 e. The van der Waals surface area contributed by atoms with E-state index in [2.05, 4.69) is 10.3 Å². The second-order valence-corrected chi connectivity index (χ2v) is 3.55. The summed E-state index contributed by atoms with van der Waals surface area (Å²) in [6.07, 6.45) is 1.02. The zero-order chi connectivity index (χ0) is 12.0. The van der Waals surface area contributed by atoms with Crippen molar-refractivity contribution in [3.63, 3.8) is 0 Å². The number of hydrogen-bond acceptors (Lipinski definition) is 3. The molecule has 86 valence electrons. The third-order valence-corrected chi connectivity index (χ3v) is 2.17. The summed E-state index contributed by atoms with van der Waals surface area (Å²) in [4.78, 5) is 14.2. The van der Waals surface area contributed by atoms with Crippen molar-refractivity contribution in [2.24, 2.45) is 0 Å². The van der Waals surface area contributed by atoms with Crippen LogP contribution in [0.25, 0.3) is 0 Å². The number of rotatable bonds is 5. The van der Waals surface area contributed by atoms with Crippen LogP contribution >= 0.6 is 0 Å². The summed E-state index contributed by atoms with van der Waals surface area (Å²) in [5, 5.41) is 20.6. The lowest BCUT2D eigenvalue weighted by Crippen LogP contribution is -2.32. The van der Waals surface area contributed by atoms with E-state index in [0.717, 1.165) is 6.42 Å². The van der Waals surface area contributed by atoms with Crippen LogP contribution in [0.15, 0.2) is 12.1 Å². The number of aliphatic hydroxyl groups is 1. The molecule has 0 aromatic carbocycles. The predicted molar refractivity (Wildman–Crippen MR) is 58.8 cm³/mol. The van der Waals surface area contributed by atoms with Crippen LogP contribution in [-0.4, -0.2) is 28.6 Å². The Kier molecular flexibility index (Phi) is 4.55. The molecule has 0 aliphatic carbocycles. The van der Waals surface area contributed by atoms with Gasteiger partial charge >= 0.3 is 0 Å². The number of nitriles is 1. The fourth-order valence-electron chi connectivity index (χ4n) is 1.33. The molecule has 0 bridgehead atoms. The van der Waals surface area contributed by atoms with Gasteiger partial charge in [0.25, 0.3) is 5.91 Å². The molecule has 16 heavy (non-hydrogen) atoms. The molecule has 1 atom stereocenters. The molecule has 0 aliphatic heterocycles. The lowest BCUT2D eigenvalue weighted by molar-refractivity contribution is 0.0906. The summed E-state index contributed by atoms with van der Waals surface area (Å²) >= 11 is 0. The number of hydrogen-bond donors (Lipinski definition) is 3. The van der Waals surface area contributed by atoms with E-state index in [0.29, 0.717) is 17.8 Å². The Bertz CT molecular complexity index is 392. The number of nitrogens with zero attached hydrogens (tertiary/aromatic N) is 1. The third-order valence-electron chi connectivity index (χ3n) is 2.17. The second-order valence-electron chi connectivity index (χ2n) is 3.55. The van der Waals surface area contributed by atoms with E-state index in [1.807, 2.05) is 13.0 Å². The zero-order valence-electron chi connectivity index (χ0n) is 9.16. The molecule has 3 N–H and O–H groups in total. The molecular weight excluding hydrogens is 206 g/mol. The predicted octanol–water partition coefficient (Wildman–Crippen LogP) is 0.777. The largest absolute Gasteiger partial charge is 0.391 e. The van der Waals surface area contributed by atoms with Gasteiger partial charge in [-0.25, -0.2) is 0 Å². The molecule has 1 rings (SSSR count). The quantitative estimate of drug-likeness (QED) is 0.686. The highest BCUT2D eigenvalue weighted by Gasteiger charge is 2.09. The van der Waals surface area contributed by atoms with Crippen LogP contribution in [0.2, 0.25) is 0 Å². The van der Waals surface area contributed by atoms with E-state index in [9.17, 15) is 9.90 Å². The Hall–Kier alpha value is -1.80. The molecule has 1 heterocycles. The highest BCUT2D eigenvalue weighted by atomic mass is 16.3. The average molecular weight is 221 g/mol. The smallest absolute Gasteiger partial charge is 0.267 e. The van der Waals surface area contributed by atoms with Crippen LogP contribution < -0.4 is 5.32 Å². The molecule has 0 aliphatic rings. The molecule has 0 radical (unpaired) electrons. The van der Waals surface area contributed by atoms with Gasteiger partial charge < -0.3 is 15.4 Å². The van der Waals surface area contributed by atoms with Crippen LogP contribution in [0, 0.1) is 11.3 Å². The molecule has 5 nitrogen and oxygen atoms in total. The summed E-state index contributed by atoms with van der Waals surface area (Å²) in [6, 6.07) is 4.98. The number of carbonyl (C=O) groups excluding carboxylic acids is 1. The minimum atomic E-state index is -0.514. The lowest BCUT2D eigenvalue weighted by atomic mass is 10.2. The molecule has 0 fully saturated rings. The number of aromatic nitrogens is 1. The van der Waals surface area contributed by atoms with Gasteiger partial charge in [-0.2, -0.15) is 5.26 Å². The average Bonchev–Trinajstić information content (AvgIpc) is 2.75. The zero-order valence-corrected chi connectivity index (χ0v) is 9.16. The summed E-state index contributed by atoms with van der Waals surface area (Å²) in [5.41, 5.74) is 0.680. The Morgan fingerprint density at radius 3 is 3.00 bits per heavy atom. The van der Waals surface area contributed by atoms with Crippen molar-refractivity contribution in [1.82, 2.24) is 10.3 Å². The van der Waals surface area contributed by atoms with E-state index < -0.39 is 6.10 Å². The first-order valence-electron chi connectivity index (χ1n) is 5.22. The summed E-state index contributed by atoms with van der Waals surface area (Å²) in [5.74, 6) is -0.309. The molecule has 1 unspecified atom stereocenters. The van der Waals surface area contributed by atoms with Crippen molar-refractivity contribution in [1.29, 1.82) is 5.26 Å². The fourth-order valence-corrected chi connectivity index (χ4v) is 1.33. The van der Waals surface area contributed by atoms with Gasteiger partial charge in [-0.15, -0.1) is 0 Å². The minimum absolute atomic E-state index is 0.230. The molecule has 1 aromatic rings. The van der Waals surface area contributed by atoms with Gasteiger partial charge in [0.15, 0.2) is 0 Å².